The normalized spacial score (nSPS) is 14.1. The van der Waals surface area contributed by atoms with Crippen molar-refractivity contribution in [3.05, 3.63) is 24.3 Å². The van der Waals surface area contributed by atoms with Gasteiger partial charge in [0.2, 0.25) is 5.91 Å². The second kappa shape index (κ2) is 8.15. The van der Waals surface area contributed by atoms with Gasteiger partial charge in [-0.15, -0.1) is 0 Å². The molecule has 2 amide bonds. The number of anilines is 1. The van der Waals surface area contributed by atoms with E-state index in [4.69, 9.17) is 10.5 Å². The number of nitrogens with two attached hydrogens (primary N) is 1. The van der Waals surface area contributed by atoms with E-state index in [9.17, 15) is 9.59 Å². The summed E-state index contributed by atoms with van der Waals surface area (Å²) in [6.07, 6.45) is 3.52. The molecule has 0 radical (unpaired) electrons. The van der Waals surface area contributed by atoms with Crippen LogP contribution in [0.3, 0.4) is 0 Å². The van der Waals surface area contributed by atoms with Crippen molar-refractivity contribution < 1.29 is 14.3 Å². The Labute approximate surface area is 143 Å². The molecule has 1 aromatic carbocycles. The van der Waals surface area contributed by atoms with Crippen LogP contribution in [-0.4, -0.2) is 30.5 Å². The monoisotopic (exact) mass is 333 g/mol. The van der Waals surface area contributed by atoms with E-state index >= 15 is 0 Å². The number of carbonyl (C=O) groups excluding carboxylic acids is 2. The highest BCUT2D eigenvalue weighted by molar-refractivity contribution is 5.94. The summed E-state index contributed by atoms with van der Waals surface area (Å²) in [4.78, 5) is 23.7. The Bertz CT molecular complexity index is 581. The summed E-state index contributed by atoms with van der Waals surface area (Å²) < 4.78 is 5.49. The number of hydrogen-bond acceptors (Lipinski definition) is 4. The van der Waals surface area contributed by atoms with Crippen LogP contribution in [-0.2, 0) is 9.59 Å². The molecule has 2 rings (SSSR count). The lowest BCUT2D eigenvalue weighted by Crippen LogP contribution is -2.50. The molecular weight excluding hydrogens is 306 g/mol. The molecule has 4 N–H and O–H groups in total. The summed E-state index contributed by atoms with van der Waals surface area (Å²) in [7, 11) is 0. The second-order valence-corrected chi connectivity index (χ2v) is 6.43. The molecule has 0 aromatic heterocycles. The molecule has 132 valence electrons. The number of amides is 2. The van der Waals surface area contributed by atoms with Crippen molar-refractivity contribution in [2.75, 3.05) is 18.5 Å². The van der Waals surface area contributed by atoms with Crippen molar-refractivity contribution >= 4 is 17.5 Å². The number of nitrogens with one attached hydrogen (secondary N) is 2. The molecule has 1 aromatic rings. The minimum Gasteiger partial charge on any atom is -0.484 e. The molecule has 0 bridgehead atoms. The molecule has 24 heavy (non-hydrogen) atoms. The largest absolute Gasteiger partial charge is 0.484 e. The highest BCUT2D eigenvalue weighted by atomic mass is 16.5. The topological polar surface area (TPSA) is 93.4 Å². The van der Waals surface area contributed by atoms with Crippen LogP contribution in [0.5, 0.6) is 5.75 Å². The van der Waals surface area contributed by atoms with E-state index in [0.717, 1.165) is 25.7 Å². The van der Waals surface area contributed by atoms with Crippen LogP contribution in [0.15, 0.2) is 24.3 Å². The summed E-state index contributed by atoms with van der Waals surface area (Å²) in [6, 6.07) is 7.07. The summed E-state index contributed by atoms with van der Waals surface area (Å²) >= 11 is 0. The number of carbonyl (C=O) groups is 2. The minimum atomic E-state index is -0.372. The lowest BCUT2D eigenvalue weighted by atomic mass is 9.94. The maximum absolute atomic E-state index is 11.9. The van der Waals surface area contributed by atoms with Crippen molar-refractivity contribution in [1.29, 1.82) is 0 Å². The van der Waals surface area contributed by atoms with Gasteiger partial charge in [0.05, 0.1) is 0 Å². The predicted molar refractivity (Wildman–Crippen MR) is 93.8 cm³/mol. The van der Waals surface area contributed by atoms with Crippen LogP contribution in [0.2, 0.25) is 0 Å². The maximum atomic E-state index is 11.9. The van der Waals surface area contributed by atoms with E-state index in [1.54, 1.807) is 24.3 Å². The van der Waals surface area contributed by atoms with E-state index < -0.39 is 0 Å². The first-order valence-electron chi connectivity index (χ1n) is 8.55. The fraction of sp³-hybridized carbons (Fsp3) is 0.556. The summed E-state index contributed by atoms with van der Waals surface area (Å²) in [5, 5.41) is 5.66. The first kappa shape index (κ1) is 18.3. The number of ether oxygens (including phenoxy) is 1. The van der Waals surface area contributed by atoms with Crippen LogP contribution in [0, 0.1) is 5.92 Å². The zero-order valence-electron chi connectivity index (χ0n) is 14.4. The van der Waals surface area contributed by atoms with Gasteiger partial charge < -0.3 is 21.1 Å². The van der Waals surface area contributed by atoms with Gasteiger partial charge in [-0.05, 0) is 37.8 Å². The van der Waals surface area contributed by atoms with Gasteiger partial charge in [0.25, 0.3) is 5.91 Å². The summed E-state index contributed by atoms with van der Waals surface area (Å²) in [5.74, 6) is 0.528. The van der Waals surface area contributed by atoms with Crippen molar-refractivity contribution in [3.63, 3.8) is 0 Å². The van der Waals surface area contributed by atoms with Gasteiger partial charge in [-0.25, -0.2) is 0 Å². The summed E-state index contributed by atoms with van der Waals surface area (Å²) in [5.41, 5.74) is 6.46. The molecule has 0 spiro atoms. The molecule has 1 aliphatic rings. The average Bonchev–Trinajstić information content (AvgIpc) is 3.43. The second-order valence-electron chi connectivity index (χ2n) is 6.43. The van der Waals surface area contributed by atoms with Gasteiger partial charge in [0, 0.05) is 29.8 Å². The number of hydrogen-bond donors (Lipinski definition) is 3. The van der Waals surface area contributed by atoms with E-state index in [1.807, 2.05) is 13.8 Å². The zero-order chi connectivity index (χ0) is 17.6. The molecule has 0 unspecified atom stereocenters. The van der Waals surface area contributed by atoms with Crippen LogP contribution < -0.4 is 21.1 Å². The molecule has 6 nitrogen and oxygen atoms in total. The Morgan fingerprint density at radius 1 is 1.29 bits per heavy atom. The van der Waals surface area contributed by atoms with Crippen LogP contribution in [0.1, 0.15) is 39.5 Å². The molecule has 0 heterocycles. The van der Waals surface area contributed by atoms with E-state index in [2.05, 4.69) is 10.6 Å². The van der Waals surface area contributed by atoms with Gasteiger partial charge in [0.15, 0.2) is 6.61 Å². The van der Waals surface area contributed by atoms with Crippen molar-refractivity contribution in [3.8, 4) is 5.75 Å². The zero-order valence-corrected chi connectivity index (χ0v) is 14.4. The van der Waals surface area contributed by atoms with Crippen LogP contribution >= 0.6 is 0 Å². The molecule has 6 heteroatoms. The molecular formula is C18H27N3O3. The molecule has 1 aliphatic carbocycles. The third-order valence-electron chi connectivity index (χ3n) is 4.47. The Morgan fingerprint density at radius 3 is 2.62 bits per heavy atom. The Kier molecular flexibility index (Phi) is 6.20. The standard InChI is InChI=1S/C18H27N3O3/c1-3-18(19,4-2)12-20-16(22)11-24-15-7-5-6-14(10-15)21-17(23)13-8-9-13/h5-7,10,13H,3-4,8-9,11-12,19H2,1-2H3,(H,20,22)(H,21,23). The Balaban J connectivity index is 1.78. The predicted octanol–water partition coefficient (Wildman–Crippen LogP) is 2.05. The van der Waals surface area contributed by atoms with Gasteiger partial charge >= 0.3 is 0 Å². The van der Waals surface area contributed by atoms with Crippen molar-refractivity contribution in [2.24, 2.45) is 11.7 Å². The maximum Gasteiger partial charge on any atom is 0.258 e. The lowest BCUT2D eigenvalue weighted by molar-refractivity contribution is -0.123. The first-order valence-corrected chi connectivity index (χ1v) is 8.55. The average molecular weight is 333 g/mol. The van der Waals surface area contributed by atoms with Crippen molar-refractivity contribution in [1.82, 2.24) is 5.32 Å². The smallest absolute Gasteiger partial charge is 0.258 e. The highest BCUT2D eigenvalue weighted by Crippen LogP contribution is 2.30. The highest BCUT2D eigenvalue weighted by Gasteiger charge is 2.29. The fourth-order valence-electron chi connectivity index (χ4n) is 2.23. The molecule has 0 aliphatic heterocycles. The molecule has 1 saturated carbocycles. The van der Waals surface area contributed by atoms with Gasteiger partial charge in [-0.1, -0.05) is 19.9 Å². The Morgan fingerprint density at radius 2 is 2.00 bits per heavy atom. The van der Waals surface area contributed by atoms with E-state index in [-0.39, 0.29) is 29.9 Å². The molecule has 1 fully saturated rings. The SMILES string of the molecule is CCC(N)(CC)CNC(=O)COc1cccc(NC(=O)C2CC2)c1. The lowest BCUT2D eigenvalue weighted by Gasteiger charge is -2.26. The van der Waals surface area contributed by atoms with Crippen LogP contribution in [0.4, 0.5) is 5.69 Å². The third-order valence-corrected chi connectivity index (χ3v) is 4.47. The quantitative estimate of drug-likeness (QED) is 0.645. The van der Waals surface area contributed by atoms with Crippen LogP contribution in [0.25, 0.3) is 0 Å². The van der Waals surface area contributed by atoms with Crippen molar-refractivity contribution in [2.45, 2.75) is 45.1 Å². The number of rotatable bonds is 9. The van der Waals surface area contributed by atoms with E-state index in [1.165, 1.54) is 0 Å². The minimum absolute atomic E-state index is 0.0447. The van der Waals surface area contributed by atoms with Gasteiger partial charge in [-0.3, -0.25) is 9.59 Å². The number of benzene rings is 1. The fourth-order valence-corrected chi connectivity index (χ4v) is 2.23. The molecule has 0 atom stereocenters. The van der Waals surface area contributed by atoms with E-state index in [0.29, 0.717) is 18.0 Å². The van der Waals surface area contributed by atoms with Gasteiger partial charge in [-0.2, -0.15) is 0 Å². The summed E-state index contributed by atoms with van der Waals surface area (Å²) in [6.45, 7) is 4.37. The first-order chi connectivity index (χ1) is 11.5. The third kappa shape index (κ3) is 5.53. The Hall–Kier alpha value is -2.08. The van der Waals surface area contributed by atoms with Gasteiger partial charge in [0.1, 0.15) is 5.75 Å². The molecule has 0 saturated heterocycles.